The van der Waals surface area contributed by atoms with Crippen molar-refractivity contribution in [3.63, 3.8) is 0 Å². The molecule has 0 heterocycles. The minimum atomic E-state index is -0.559. The molecule has 2 aromatic carbocycles. The van der Waals surface area contributed by atoms with E-state index in [0.717, 1.165) is 36.0 Å². The molecule has 29 heavy (non-hydrogen) atoms. The second-order valence-corrected chi connectivity index (χ2v) is 8.92. The van der Waals surface area contributed by atoms with Gasteiger partial charge in [0.1, 0.15) is 0 Å². The van der Waals surface area contributed by atoms with Crippen LogP contribution in [0.5, 0.6) is 0 Å². The molecule has 2 aliphatic rings. The fourth-order valence-electron chi connectivity index (χ4n) is 5.24. The summed E-state index contributed by atoms with van der Waals surface area (Å²) in [5.74, 6) is -0.388. The van der Waals surface area contributed by atoms with Crippen LogP contribution in [0.25, 0.3) is 0 Å². The monoisotopic (exact) mass is 388 g/mol. The first-order valence-electron chi connectivity index (χ1n) is 10.3. The van der Waals surface area contributed by atoms with Crippen molar-refractivity contribution in [1.29, 1.82) is 0 Å². The highest BCUT2D eigenvalue weighted by Crippen LogP contribution is 2.65. The Morgan fingerprint density at radius 2 is 1.52 bits per heavy atom. The van der Waals surface area contributed by atoms with Gasteiger partial charge in [-0.2, -0.15) is 0 Å². The van der Waals surface area contributed by atoms with Gasteiger partial charge in [0.25, 0.3) is 0 Å². The zero-order chi connectivity index (χ0) is 20.6. The van der Waals surface area contributed by atoms with E-state index in [-0.39, 0.29) is 17.2 Å². The first-order valence-corrected chi connectivity index (χ1v) is 10.3. The molecule has 4 rings (SSSR count). The van der Waals surface area contributed by atoms with Crippen LogP contribution in [0.3, 0.4) is 0 Å². The van der Waals surface area contributed by atoms with Gasteiger partial charge in [-0.15, -0.1) is 0 Å². The topological polar surface area (TPSA) is 58.2 Å². The van der Waals surface area contributed by atoms with Crippen molar-refractivity contribution in [1.82, 2.24) is 10.9 Å². The van der Waals surface area contributed by atoms with Crippen molar-refractivity contribution in [3.05, 3.63) is 83.9 Å². The number of carbonyl (C=O) groups is 2. The average Bonchev–Trinajstić information content (AvgIpc) is 3.27. The summed E-state index contributed by atoms with van der Waals surface area (Å²) < 4.78 is 0. The van der Waals surface area contributed by atoms with Gasteiger partial charge >= 0.3 is 0 Å². The van der Waals surface area contributed by atoms with Crippen molar-refractivity contribution < 1.29 is 9.59 Å². The quantitative estimate of drug-likeness (QED) is 0.604. The van der Waals surface area contributed by atoms with E-state index >= 15 is 0 Å². The smallest absolute Gasteiger partial charge is 0.250 e. The second-order valence-electron chi connectivity index (χ2n) is 8.92. The maximum Gasteiger partial charge on any atom is 0.250 e. The van der Waals surface area contributed by atoms with Gasteiger partial charge in [-0.05, 0) is 41.7 Å². The molecule has 2 saturated carbocycles. The number of hydrogen-bond donors (Lipinski definition) is 2. The lowest BCUT2D eigenvalue weighted by Crippen LogP contribution is -2.50. The van der Waals surface area contributed by atoms with Crippen molar-refractivity contribution in [2.45, 2.75) is 39.0 Å². The normalized spacial score (nSPS) is 24.5. The maximum atomic E-state index is 13.1. The first-order chi connectivity index (χ1) is 13.9. The molecular formula is C25H28N2O2. The van der Waals surface area contributed by atoms with Crippen molar-refractivity contribution >= 4 is 11.8 Å². The third-order valence-electron chi connectivity index (χ3n) is 7.15. The van der Waals surface area contributed by atoms with Crippen LogP contribution in [0.15, 0.2) is 72.8 Å². The highest BCUT2D eigenvalue weighted by atomic mass is 16.2. The summed E-state index contributed by atoms with van der Waals surface area (Å²) in [7, 11) is 0. The number of nitrogens with one attached hydrogen (secondary N) is 2. The minimum absolute atomic E-state index is 0.0315. The molecule has 4 heteroatoms. The molecule has 2 atom stereocenters. The van der Waals surface area contributed by atoms with Gasteiger partial charge in [0.05, 0.1) is 11.3 Å². The molecule has 0 spiro atoms. The van der Waals surface area contributed by atoms with Crippen molar-refractivity contribution in [2.24, 2.45) is 16.7 Å². The molecule has 2 bridgehead atoms. The highest BCUT2D eigenvalue weighted by Gasteiger charge is 2.61. The SMILES string of the molecule is C=C1C2(C(=O)NNC(=O)C(c3ccccc3)c3ccccc3)CCC(C2)C1(C)C. The first kappa shape index (κ1) is 19.4. The molecule has 2 aliphatic carbocycles. The van der Waals surface area contributed by atoms with Crippen molar-refractivity contribution in [2.75, 3.05) is 0 Å². The van der Waals surface area contributed by atoms with Gasteiger partial charge in [0.2, 0.25) is 11.8 Å². The molecule has 0 aromatic heterocycles. The number of fused-ring (bicyclic) bond motifs is 2. The molecule has 4 nitrogen and oxygen atoms in total. The third kappa shape index (κ3) is 3.17. The molecule has 0 saturated heterocycles. The molecule has 2 aromatic rings. The van der Waals surface area contributed by atoms with E-state index in [2.05, 4.69) is 31.3 Å². The third-order valence-corrected chi connectivity index (χ3v) is 7.15. The molecule has 0 aliphatic heterocycles. The fourth-order valence-corrected chi connectivity index (χ4v) is 5.24. The van der Waals surface area contributed by atoms with Gasteiger partial charge in [-0.3, -0.25) is 20.4 Å². The number of benzene rings is 2. The fraction of sp³-hybridized carbons (Fsp3) is 0.360. The Morgan fingerprint density at radius 3 is 2.00 bits per heavy atom. The molecule has 150 valence electrons. The van der Waals surface area contributed by atoms with Crippen LogP contribution in [0.4, 0.5) is 0 Å². The van der Waals surface area contributed by atoms with E-state index in [0.29, 0.717) is 5.92 Å². The Morgan fingerprint density at radius 1 is 0.966 bits per heavy atom. The largest absolute Gasteiger partial charge is 0.272 e. The summed E-state index contributed by atoms with van der Waals surface area (Å²) in [6, 6.07) is 19.2. The van der Waals surface area contributed by atoms with Gasteiger partial charge in [0.15, 0.2) is 0 Å². The lowest BCUT2D eigenvalue weighted by atomic mass is 9.68. The number of amides is 2. The minimum Gasteiger partial charge on any atom is -0.272 e. The molecule has 2 unspecified atom stereocenters. The van der Waals surface area contributed by atoms with Crippen LogP contribution in [-0.2, 0) is 9.59 Å². The average molecular weight is 389 g/mol. The Bertz CT molecular complexity index is 896. The number of hydrogen-bond acceptors (Lipinski definition) is 2. The van der Waals surface area contributed by atoms with Crippen LogP contribution < -0.4 is 10.9 Å². The molecule has 2 N–H and O–H groups in total. The van der Waals surface area contributed by atoms with E-state index in [9.17, 15) is 9.59 Å². The van der Waals surface area contributed by atoms with Crippen LogP contribution in [0.2, 0.25) is 0 Å². The lowest BCUT2D eigenvalue weighted by Gasteiger charge is -2.37. The predicted octanol–water partition coefficient (Wildman–Crippen LogP) is 4.35. The van der Waals surface area contributed by atoms with Gasteiger partial charge in [-0.1, -0.05) is 86.7 Å². The summed E-state index contributed by atoms with van der Waals surface area (Å²) in [6.45, 7) is 8.62. The molecule has 2 amide bonds. The summed E-state index contributed by atoms with van der Waals surface area (Å²) >= 11 is 0. The van der Waals surface area contributed by atoms with Crippen LogP contribution >= 0.6 is 0 Å². The Hall–Kier alpha value is -2.88. The van der Waals surface area contributed by atoms with E-state index in [1.807, 2.05) is 60.7 Å². The Balaban J connectivity index is 1.52. The summed E-state index contributed by atoms with van der Waals surface area (Å²) in [6.07, 6.45) is 2.66. The predicted molar refractivity (Wildman–Crippen MR) is 114 cm³/mol. The van der Waals surface area contributed by atoms with E-state index in [1.54, 1.807) is 0 Å². The van der Waals surface area contributed by atoms with Crippen LogP contribution in [-0.4, -0.2) is 11.8 Å². The van der Waals surface area contributed by atoms with E-state index < -0.39 is 11.3 Å². The standard InChI is InChI=1S/C25H28N2O2/c1-17-24(2,3)20-14-15-25(17,16-20)23(29)27-26-22(28)21(18-10-6-4-7-11-18)19-12-8-5-9-13-19/h4-13,20-21H,1,14-16H2,2-3H3,(H,26,28)(H,27,29). The number of carbonyl (C=O) groups excluding carboxylic acids is 2. The second kappa shape index (κ2) is 7.18. The summed E-state index contributed by atoms with van der Waals surface area (Å²) in [4.78, 5) is 26.3. The zero-order valence-electron chi connectivity index (χ0n) is 17.1. The summed E-state index contributed by atoms with van der Waals surface area (Å²) in [5.41, 5.74) is 7.61. The van der Waals surface area contributed by atoms with E-state index in [4.69, 9.17) is 0 Å². The van der Waals surface area contributed by atoms with Crippen molar-refractivity contribution in [3.8, 4) is 0 Å². The van der Waals surface area contributed by atoms with Crippen LogP contribution in [0, 0.1) is 16.7 Å². The Labute approximate surface area is 172 Å². The number of hydrazine groups is 1. The molecular weight excluding hydrogens is 360 g/mol. The highest BCUT2D eigenvalue weighted by molar-refractivity contribution is 5.92. The van der Waals surface area contributed by atoms with Gasteiger partial charge in [0, 0.05) is 0 Å². The summed E-state index contributed by atoms with van der Waals surface area (Å²) in [5, 5.41) is 0. The van der Waals surface area contributed by atoms with E-state index in [1.165, 1.54) is 0 Å². The van der Waals surface area contributed by atoms with Gasteiger partial charge in [-0.25, -0.2) is 0 Å². The number of rotatable bonds is 4. The maximum absolute atomic E-state index is 13.1. The molecule has 0 radical (unpaired) electrons. The van der Waals surface area contributed by atoms with Gasteiger partial charge < -0.3 is 0 Å². The van der Waals surface area contributed by atoms with Crippen LogP contribution in [0.1, 0.15) is 50.2 Å². The molecule has 2 fully saturated rings. The lowest BCUT2D eigenvalue weighted by molar-refractivity contribution is -0.134. The Kier molecular flexibility index (Phi) is 4.81. The zero-order valence-corrected chi connectivity index (χ0v) is 17.1.